The van der Waals surface area contributed by atoms with Crippen LogP contribution in [-0.4, -0.2) is 28.8 Å². The first kappa shape index (κ1) is 20.1. The summed E-state index contributed by atoms with van der Waals surface area (Å²) in [6.45, 7) is 4.78. The number of halogens is 2. The third-order valence-corrected chi connectivity index (χ3v) is 5.46. The average Bonchev–Trinajstić information content (AvgIpc) is 3.00. The van der Waals surface area contributed by atoms with E-state index >= 15 is 0 Å². The van der Waals surface area contributed by atoms with Gasteiger partial charge < -0.3 is 10.2 Å². The number of carbonyl (C=O) groups is 1. The van der Waals surface area contributed by atoms with Crippen LogP contribution < -0.4 is 10.2 Å². The highest BCUT2D eigenvalue weighted by atomic mass is 19.1. The van der Waals surface area contributed by atoms with Crippen LogP contribution in [0.25, 0.3) is 5.69 Å². The summed E-state index contributed by atoms with van der Waals surface area (Å²) < 4.78 is 29.6. The number of hydrogen-bond donors (Lipinski definition) is 1. The van der Waals surface area contributed by atoms with Crippen molar-refractivity contribution in [3.63, 3.8) is 0 Å². The summed E-state index contributed by atoms with van der Waals surface area (Å²) in [7, 11) is 0. The van der Waals surface area contributed by atoms with E-state index in [0.29, 0.717) is 36.4 Å². The lowest BCUT2D eigenvalue weighted by Crippen LogP contribution is -2.33. The van der Waals surface area contributed by atoms with Crippen LogP contribution in [0.15, 0.2) is 42.5 Å². The molecule has 1 aromatic heterocycles. The quantitative estimate of drug-likeness (QED) is 0.671. The van der Waals surface area contributed by atoms with Gasteiger partial charge in [-0.15, -0.1) is 0 Å². The minimum absolute atomic E-state index is 0.163. The van der Waals surface area contributed by atoms with Gasteiger partial charge in [-0.2, -0.15) is 5.10 Å². The fraction of sp³-hybridized carbons (Fsp3) is 0.304. The number of carbonyl (C=O) groups excluding carboxylic acids is 1. The third-order valence-electron chi connectivity index (χ3n) is 5.46. The van der Waals surface area contributed by atoms with Crippen molar-refractivity contribution in [2.24, 2.45) is 0 Å². The Labute approximate surface area is 174 Å². The molecular weight excluding hydrogens is 386 g/mol. The number of nitrogens with zero attached hydrogens (tertiary/aromatic N) is 3. The number of amides is 1. The number of benzene rings is 2. The van der Waals surface area contributed by atoms with Gasteiger partial charge in [-0.25, -0.2) is 13.5 Å². The van der Waals surface area contributed by atoms with Gasteiger partial charge in [0, 0.05) is 25.6 Å². The number of hydrogen-bond acceptors (Lipinski definition) is 3. The average molecular weight is 410 g/mol. The topological polar surface area (TPSA) is 50.2 Å². The fourth-order valence-corrected chi connectivity index (χ4v) is 4.04. The SMILES string of the molecule is Cc1nn(-c2ccccc2)c(C)c1NC(=O)CCN1CCCc2cc(F)cc(F)c21. The Morgan fingerprint density at radius 3 is 2.70 bits per heavy atom. The van der Waals surface area contributed by atoms with Gasteiger partial charge >= 0.3 is 0 Å². The molecule has 0 spiro atoms. The van der Waals surface area contributed by atoms with Crippen LogP contribution in [0.1, 0.15) is 29.8 Å². The highest BCUT2D eigenvalue weighted by Crippen LogP contribution is 2.31. The van der Waals surface area contributed by atoms with Crippen LogP contribution in [0, 0.1) is 25.5 Å². The van der Waals surface area contributed by atoms with E-state index < -0.39 is 11.6 Å². The zero-order valence-electron chi connectivity index (χ0n) is 17.1. The molecule has 0 bridgehead atoms. The molecule has 2 heterocycles. The second-order valence-corrected chi connectivity index (χ2v) is 7.58. The van der Waals surface area contributed by atoms with Crippen molar-refractivity contribution in [3.05, 3.63) is 71.1 Å². The first-order valence-corrected chi connectivity index (χ1v) is 10.1. The van der Waals surface area contributed by atoms with Crippen LogP contribution in [0.2, 0.25) is 0 Å². The van der Waals surface area contributed by atoms with Gasteiger partial charge in [0.1, 0.15) is 11.6 Å². The van der Waals surface area contributed by atoms with Gasteiger partial charge in [0.15, 0.2) is 0 Å². The van der Waals surface area contributed by atoms with E-state index in [1.807, 2.05) is 49.1 Å². The zero-order chi connectivity index (χ0) is 21.3. The lowest BCUT2D eigenvalue weighted by molar-refractivity contribution is -0.116. The molecule has 7 heteroatoms. The van der Waals surface area contributed by atoms with Crippen LogP contribution in [0.4, 0.5) is 20.2 Å². The van der Waals surface area contributed by atoms with Gasteiger partial charge in [0.2, 0.25) is 5.91 Å². The number of aryl methyl sites for hydroxylation is 2. The normalized spacial score (nSPS) is 13.3. The van der Waals surface area contributed by atoms with Crippen LogP contribution in [-0.2, 0) is 11.2 Å². The van der Waals surface area contributed by atoms with Crippen molar-refractivity contribution in [1.29, 1.82) is 0 Å². The molecule has 0 atom stereocenters. The molecule has 0 unspecified atom stereocenters. The highest BCUT2D eigenvalue weighted by molar-refractivity contribution is 5.92. The second kappa shape index (κ2) is 8.26. The Kier molecular flexibility index (Phi) is 5.53. The van der Waals surface area contributed by atoms with Gasteiger partial charge in [-0.05, 0) is 50.5 Å². The van der Waals surface area contributed by atoms with Gasteiger partial charge in [-0.1, -0.05) is 18.2 Å². The Morgan fingerprint density at radius 1 is 1.17 bits per heavy atom. The number of nitrogens with one attached hydrogen (secondary N) is 1. The van der Waals surface area contributed by atoms with E-state index in [0.717, 1.165) is 29.6 Å². The summed E-state index contributed by atoms with van der Waals surface area (Å²) in [5.74, 6) is -1.29. The summed E-state index contributed by atoms with van der Waals surface area (Å²) in [4.78, 5) is 14.5. The van der Waals surface area contributed by atoms with Crippen molar-refractivity contribution in [2.75, 3.05) is 23.3 Å². The maximum atomic E-state index is 14.3. The lowest BCUT2D eigenvalue weighted by atomic mass is 10.0. The smallest absolute Gasteiger partial charge is 0.226 e. The van der Waals surface area contributed by atoms with E-state index in [9.17, 15) is 13.6 Å². The first-order chi connectivity index (χ1) is 14.4. The Hall–Kier alpha value is -3.22. The molecule has 156 valence electrons. The van der Waals surface area contributed by atoms with E-state index in [4.69, 9.17) is 0 Å². The summed E-state index contributed by atoms with van der Waals surface area (Å²) in [6.07, 6.45) is 1.65. The Morgan fingerprint density at radius 2 is 1.93 bits per heavy atom. The molecule has 1 aliphatic rings. The predicted octanol–water partition coefficient (Wildman–Crippen LogP) is 4.55. The third kappa shape index (κ3) is 3.92. The molecule has 1 amide bonds. The standard InChI is InChI=1S/C23H24F2N4O/c1-15-22(16(2)29(27-15)19-8-4-3-5-9-19)26-21(30)10-12-28-11-6-7-17-13-18(24)14-20(25)23(17)28/h3-5,8-9,13-14H,6-7,10-12H2,1-2H3,(H,26,30). The highest BCUT2D eigenvalue weighted by Gasteiger charge is 2.23. The number of rotatable bonds is 5. The minimum Gasteiger partial charge on any atom is -0.368 e. The molecule has 30 heavy (non-hydrogen) atoms. The number of aromatic nitrogens is 2. The first-order valence-electron chi connectivity index (χ1n) is 10.1. The fourth-order valence-electron chi connectivity index (χ4n) is 4.04. The molecule has 1 N–H and O–H groups in total. The van der Waals surface area contributed by atoms with E-state index in [1.165, 1.54) is 6.07 Å². The molecule has 2 aromatic carbocycles. The molecule has 4 rings (SSSR count). The molecule has 0 radical (unpaired) electrons. The summed E-state index contributed by atoms with van der Waals surface area (Å²) in [6, 6.07) is 12.0. The number of para-hydroxylation sites is 1. The molecule has 0 fully saturated rings. The summed E-state index contributed by atoms with van der Waals surface area (Å²) in [5, 5.41) is 7.49. The largest absolute Gasteiger partial charge is 0.368 e. The summed E-state index contributed by atoms with van der Waals surface area (Å²) >= 11 is 0. The number of fused-ring (bicyclic) bond motifs is 1. The minimum atomic E-state index is -0.569. The van der Waals surface area contributed by atoms with Crippen molar-refractivity contribution >= 4 is 17.3 Å². The van der Waals surface area contributed by atoms with Gasteiger partial charge in [0.25, 0.3) is 0 Å². The van der Waals surface area contributed by atoms with E-state index in [-0.39, 0.29) is 12.3 Å². The van der Waals surface area contributed by atoms with Crippen molar-refractivity contribution in [1.82, 2.24) is 9.78 Å². The van der Waals surface area contributed by atoms with Crippen LogP contribution >= 0.6 is 0 Å². The van der Waals surface area contributed by atoms with Crippen LogP contribution in [0.3, 0.4) is 0 Å². The molecule has 1 aliphatic heterocycles. The predicted molar refractivity (Wildman–Crippen MR) is 113 cm³/mol. The van der Waals surface area contributed by atoms with Crippen LogP contribution in [0.5, 0.6) is 0 Å². The summed E-state index contributed by atoms with van der Waals surface area (Å²) in [5.41, 5.74) is 4.27. The van der Waals surface area contributed by atoms with Gasteiger partial charge in [0.05, 0.1) is 28.5 Å². The molecule has 5 nitrogen and oxygen atoms in total. The molecule has 0 aliphatic carbocycles. The van der Waals surface area contributed by atoms with E-state index in [1.54, 1.807) is 4.68 Å². The molecule has 3 aromatic rings. The van der Waals surface area contributed by atoms with Crippen molar-refractivity contribution < 1.29 is 13.6 Å². The zero-order valence-corrected chi connectivity index (χ0v) is 17.1. The monoisotopic (exact) mass is 410 g/mol. The molecule has 0 saturated heterocycles. The Bertz CT molecular complexity index is 1080. The van der Waals surface area contributed by atoms with Crippen molar-refractivity contribution in [3.8, 4) is 5.69 Å². The maximum absolute atomic E-state index is 14.3. The van der Waals surface area contributed by atoms with E-state index in [2.05, 4.69) is 10.4 Å². The van der Waals surface area contributed by atoms with Gasteiger partial charge in [-0.3, -0.25) is 4.79 Å². The second-order valence-electron chi connectivity index (χ2n) is 7.58. The van der Waals surface area contributed by atoms with Crippen molar-refractivity contribution in [2.45, 2.75) is 33.1 Å². The lowest BCUT2D eigenvalue weighted by Gasteiger charge is -2.31. The molecular formula is C23H24F2N4O. The number of anilines is 2. The maximum Gasteiger partial charge on any atom is 0.226 e. The molecule has 0 saturated carbocycles. The Balaban J connectivity index is 1.45.